The van der Waals surface area contributed by atoms with E-state index in [0.717, 1.165) is 44.9 Å². The lowest BCUT2D eigenvalue weighted by Gasteiger charge is -2.40. The molecule has 7 unspecified atom stereocenters. The third-order valence-corrected chi connectivity index (χ3v) is 12.6. The second-order valence-corrected chi connectivity index (χ2v) is 18.6. The monoisotopic (exact) mass is 904 g/mol. The lowest BCUT2D eigenvalue weighted by molar-refractivity contribution is -0.302. The number of aliphatic hydroxyl groups is 5. The summed E-state index contributed by atoms with van der Waals surface area (Å²) in [4.78, 5) is 13.0. The Labute approximate surface area is 393 Å². The summed E-state index contributed by atoms with van der Waals surface area (Å²) in [5.41, 5.74) is 0. The molecule has 0 aromatic carbocycles. The molecule has 1 aliphatic rings. The van der Waals surface area contributed by atoms with E-state index >= 15 is 0 Å². The minimum atomic E-state index is -1.58. The summed E-state index contributed by atoms with van der Waals surface area (Å²) in [5.74, 6) is -0.192. The highest BCUT2D eigenvalue weighted by Crippen LogP contribution is 2.23. The average molecular weight is 904 g/mol. The summed E-state index contributed by atoms with van der Waals surface area (Å²) >= 11 is 0. The summed E-state index contributed by atoms with van der Waals surface area (Å²) in [7, 11) is 0. The van der Waals surface area contributed by atoms with Crippen molar-refractivity contribution in [3.05, 3.63) is 48.6 Å². The van der Waals surface area contributed by atoms with Crippen LogP contribution in [0, 0.1) is 0 Å². The van der Waals surface area contributed by atoms with Gasteiger partial charge in [-0.3, -0.25) is 4.79 Å². The van der Waals surface area contributed by atoms with Crippen molar-refractivity contribution < 1.29 is 39.8 Å². The van der Waals surface area contributed by atoms with Crippen molar-refractivity contribution in [2.24, 2.45) is 0 Å². The SMILES string of the molecule is CCCCCCCCCC/C=C\CCCCCCCCCCCC(=O)NC(COC1OC(CO)C(O)C(O)C1O)C(O)/C=C/CC/C=C/CC/C=C/CCCCCCCCCCCC. The number of carbonyl (C=O) groups excluding carboxylic acids is 1. The number of unbranched alkanes of at least 4 members (excludes halogenated alkanes) is 29. The highest BCUT2D eigenvalue weighted by atomic mass is 16.7. The summed E-state index contributed by atoms with van der Waals surface area (Å²) in [5, 5.41) is 54.4. The van der Waals surface area contributed by atoms with Crippen molar-refractivity contribution in [2.75, 3.05) is 13.2 Å². The molecule has 0 radical (unpaired) electrons. The van der Waals surface area contributed by atoms with Gasteiger partial charge in [-0.2, -0.15) is 0 Å². The van der Waals surface area contributed by atoms with E-state index in [1.54, 1.807) is 6.08 Å². The largest absolute Gasteiger partial charge is 0.394 e. The number of allylic oxidation sites excluding steroid dienone is 7. The Morgan fingerprint density at radius 1 is 0.516 bits per heavy atom. The molecule has 64 heavy (non-hydrogen) atoms. The van der Waals surface area contributed by atoms with Crippen LogP contribution in [0.4, 0.5) is 0 Å². The molecule has 0 saturated carbocycles. The lowest BCUT2D eigenvalue weighted by Crippen LogP contribution is -2.60. The van der Waals surface area contributed by atoms with E-state index in [0.29, 0.717) is 6.42 Å². The molecule has 6 N–H and O–H groups in total. The van der Waals surface area contributed by atoms with Gasteiger partial charge in [0.15, 0.2) is 6.29 Å². The minimum absolute atomic E-state index is 0.192. The van der Waals surface area contributed by atoms with Crippen molar-refractivity contribution in [3.63, 3.8) is 0 Å². The van der Waals surface area contributed by atoms with E-state index in [4.69, 9.17) is 9.47 Å². The molecule has 1 saturated heterocycles. The molecule has 0 spiro atoms. The van der Waals surface area contributed by atoms with Crippen LogP contribution in [0.25, 0.3) is 0 Å². The normalized spacial score (nSPS) is 20.4. The number of amides is 1. The van der Waals surface area contributed by atoms with Gasteiger partial charge in [0.1, 0.15) is 24.4 Å². The Balaban J connectivity index is 2.31. The molecule has 1 rings (SSSR count). The first-order valence-electron chi connectivity index (χ1n) is 26.9. The van der Waals surface area contributed by atoms with Gasteiger partial charge in [-0.25, -0.2) is 0 Å². The molecular weight excluding hydrogens is 803 g/mol. The van der Waals surface area contributed by atoms with Gasteiger partial charge >= 0.3 is 0 Å². The van der Waals surface area contributed by atoms with Crippen molar-refractivity contribution in [2.45, 2.75) is 281 Å². The highest BCUT2D eigenvalue weighted by Gasteiger charge is 2.44. The van der Waals surface area contributed by atoms with Crippen LogP contribution in [0.2, 0.25) is 0 Å². The maximum absolute atomic E-state index is 13.0. The van der Waals surface area contributed by atoms with E-state index in [-0.39, 0.29) is 12.5 Å². The predicted molar refractivity (Wildman–Crippen MR) is 267 cm³/mol. The van der Waals surface area contributed by atoms with E-state index in [9.17, 15) is 30.3 Å². The highest BCUT2D eigenvalue weighted by molar-refractivity contribution is 5.76. The Kier molecular flexibility index (Phi) is 42.3. The summed E-state index contributed by atoms with van der Waals surface area (Å²) in [6, 6.07) is -0.829. The lowest BCUT2D eigenvalue weighted by atomic mass is 9.99. The molecule has 1 fully saturated rings. The maximum atomic E-state index is 13.0. The number of hydrogen-bond donors (Lipinski definition) is 6. The molecule has 374 valence electrons. The molecular formula is C55H101NO8. The van der Waals surface area contributed by atoms with Crippen molar-refractivity contribution in [3.8, 4) is 0 Å². The Hall–Kier alpha value is -1.85. The summed E-state index contributed by atoms with van der Waals surface area (Å²) in [6.07, 6.45) is 51.6. The molecule has 7 atom stereocenters. The van der Waals surface area contributed by atoms with Crippen molar-refractivity contribution in [1.82, 2.24) is 5.32 Å². The third-order valence-electron chi connectivity index (χ3n) is 12.6. The summed E-state index contributed by atoms with van der Waals surface area (Å²) in [6.45, 7) is 3.76. The number of rotatable bonds is 45. The van der Waals surface area contributed by atoms with E-state index in [1.165, 1.54) is 173 Å². The number of aliphatic hydroxyl groups excluding tert-OH is 5. The van der Waals surface area contributed by atoms with Gasteiger partial charge in [-0.1, -0.05) is 210 Å². The number of carbonyl (C=O) groups is 1. The van der Waals surface area contributed by atoms with Crippen LogP contribution in [-0.4, -0.2) is 87.5 Å². The Morgan fingerprint density at radius 3 is 1.31 bits per heavy atom. The Bertz CT molecular complexity index is 1140. The topological polar surface area (TPSA) is 149 Å². The predicted octanol–water partition coefficient (Wildman–Crippen LogP) is 12.6. The quantitative estimate of drug-likeness (QED) is 0.0261. The number of nitrogens with one attached hydrogen (secondary N) is 1. The zero-order valence-corrected chi connectivity index (χ0v) is 41.3. The summed E-state index contributed by atoms with van der Waals surface area (Å²) < 4.78 is 11.2. The minimum Gasteiger partial charge on any atom is -0.394 e. The average Bonchev–Trinajstić information content (AvgIpc) is 3.29. The van der Waals surface area contributed by atoms with Crippen LogP contribution in [0.1, 0.15) is 239 Å². The first-order chi connectivity index (χ1) is 31.3. The van der Waals surface area contributed by atoms with Crippen molar-refractivity contribution in [1.29, 1.82) is 0 Å². The van der Waals surface area contributed by atoms with Crippen LogP contribution in [0.5, 0.6) is 0 Å². The molecule has 1 aliphatic heterocycles. The van der Waals surface area contributed by atoms with Gasteiger partial charge in [-0.05, 0) is 70.6 Å². The van der Waals surface area contributed by atoms with Crippen LogP contribution in [-0.2, 0) is 14.3 Å². The fourth-order valence-corrected chi connectivity index (χ4v) is 8.30. The first kappa shape index (κ1) is 60.2. The Morgan fingerprint density at radius 2 is 0.891 bits per heavy atom. The zero-order valence-electron chi connectivity index (χ0n) is 41.3. The molecule has 0 aliphatic carbocycles. The second-order valence-electron chi connectivity index (χ2n) is 18.6. The number of hydrogen-bond acceptors (Lipinski definition) is 8. The molecule has 0 aromatic heterocycles. The van der Waals surface area contributed by atoms with Gasteiger partial charge in [-0.15, -0.1) is 0 Å². The zero-order chi connectivity index (χ0) is 46.6. The van der Waals surface area contributed by atoms with E-state index in [2.05, 4.69) is 55.6 Å². The maximum Gasteiger partial charge on any atom is 0.220 e. The fraction of sp³-hybridized carbons (Fsp3) is 0.836. The van der Waals surface area contributed by atoms with Gasteiger partial charge in [0, 0.05) is 6.42 Å². The van der Waals surface area contributed by atoms with Crippen LogP contribution < -0.4 is 5.32 Å². The van der Waals surface area contributed by atoms with Crippen molar-refractivity contribution >= 4 is 5.91 Å². The van der Waals surface area contributed by atoms with E-state index < -0.39 is 49.5 Å². The van der Waals surface area contributed by atoms with Gasteiger partial charge in [0.05, 0.1) is 25.4 Å². The van der Waals surface area contributed by atoms with E-state index in [1.807, 2.05) is 6.08 Å². The van der Waals surface area contributed by atoms with Gasteiger partial charge < -0.3 is 40.3 Å². The van der Waals surface area contributed by atoms with Crippen LogP contribution in [0.3, 0.4) is 0 Å². The first-order valence-corrected chi connectivity index (χ1v) is 26.9. The molecule has 9 heteroatoms. The standard InChI is InChI=1S/C55H101NO8/c1-3-5-7-9-11-13-15-17-19-21-23-25-27-29-31-33-35-37-39-41-43-45-51(59)56-48(47-63-55-54(62)53(61)52(60)50(46-57)64-55)49(58)44-42-40-38-36-34-32-30-28-26-24-22-20-18-16-14-12-10-8-6-4-2/h21,23,26,28,34,36,42,44,48-50,52-55,57-58,60-62H,3-20,22,24-25,27,29-33,35,37-41,43,45-47H2,1-2H3,(H,56,59)/b23-21-,28-26+,36-34+,44-42+. The smallest absolute Gasteiger partial charge is 0.220 e. The molecule has 1 amide bonds. The molecule has 0 bridgehead atoms. The van der Waals surface area contributed by atoms with Gasteiger partial charge in [0.25, 0.3) is 0 Å². The fourth-order valence-electron chi connectivity index (χ4n) is 8.30. The molecule has 0 aromatic rings. The van der Waals surface area contributed by atoms with Crippen LogP contribution in [0.15, 0.2) is 48.6 Å². The molecule has 9 nitrogen and oxygen atoms in total. The van der Waals surface area contributed by atoms with Gasteiger partial charge in [0.2, 0.25) is 5.91 Å². The number of ether oxygens (including phenoxy) is 2. The van der Waals surface area contributed by atoms with Crippen LogP contribution >= 0.6 is 0 Å². The molecule has 1 heterocycles. The third kappa shape index (κ3) is 34.5. The second kappa shape index (κ2) is 45.0.